The van der Waals surface area contributed by atoms with Gasteiger partial charge in [-0.1, -0.05) is 31.2 Å². The minimum Gasteiger partial charge on any atom is -0.511 e. The fourth-order valence-electron chi connectivity index (χ4n) is 3.53. The summed E-state index contributed by atoms with van der Waals surface area (Å²) in [7, 11) is 1.31. The van der Waals surface area contributed by atoms with Gasteiger partial charge in [0.2, 0.25) is 0 Å². The van der Waals surface area contributed by atoms with Crippen LogP contribution in [0.2, 0.25) is 0 Å². The van der Waals surface area contributed by atoms with E-state index in [2.05, 4.69) is 11.7 Å². The van der Waals surface area contributed by atoms with Gasteiger partial charge in [-0.3, -0.25) is 9.59 Å². The summed E-state index contributed by atoms with van der Waals surface area (Å²) < 4.78 is 5.44. The number of methoxy groups -OCH3 is 1. The number of aliphatic hydroxyl groups excluding tert-OH is 1. The molecule has 1 saturated heterocycles. The van der Waals surface area contributed by atoms with Crippen LogP contribution in [0.25, 0.3) is 0 Å². The number of hydrogen-bond donors (Lipinski definition) is 1. The molecule has 2 atom stereocenters. The summed E-state index contributed by atoms with van der Waals surface area (Å²) in [5.41, 5.74) is 0.489. The van der Waals surface area contributed by atoms with Crippen LogP contribution in [0.5, 0.6) is 0 Å². The van der Waals surface area contributed by atoms with E-state index in [-0.39, 0.29) is 36.1 Å². The van der Waals surface area contributed by atoms with Crippen LogP contribution in [0.4, 0.5) is 0 Å². The number of rotatable bonds is 10. The van der Waals surface area contributed by atoms with Crippen LogP contribution >= 0.6 is 23.5 Å². The van der Waals surface area contributed by atoms with Crippen LogP contribution in [-0.4, -0.2) is 52.4 Å². The number of ketones is 1. The smallest absolute Gasteiger partial charge is 0.316 e. The number of esters is 1. The normalized spacial score (nSPS) is 23.8. The highest BCUT2D eigenvalue weighted by Crippen LogP contribution is 2.41. The number of hydrogen-bond acceptors (Lipinski definition) is 8. The van der Waals surface area contributed by atoms with Gasteiger partial charge < -0.3 is 14.7 Å². The van der Waals surface area contributed by atoms with Gasteiger partial charge in [0.1, 0.15) is 18.3 Å². The average molecular weight is 428 g/mol. The molecule has 0 amide bonds. The molecule has 1 aliphatic heterocycles. The highest BCUT2D eigenvalue weighted by atomic mass is 32.2. The largest absolute Gasteiger partial charge is 0.511 e. The van der Waals surface area contributed by atoms with E-state index in [0.29, 0.717) is 23.1 Å². The van der Waals surface area contributed by atoms with Gasteiger partial charge >= 0.3 is 5.97 Å². The van der Waals surface area contributed by atoms with Crippen LogP contribution in [0.1, 0.15) is 39.0 Å². The Kier molecular flexibility index (Phi) is 9.44. The van der Waals surface area contributed by atoms with Crippen molar-refractivity contribution in [1.29, 1.82) is 0 Å². The Morgan fingerprint density at radius 1 is 1.36 bits per heavy atom. The van der Waals surface area contributed by atoms with Gasteiger partial charge in [0, 0.05) is 17.9 Å². The van der Waals surface area contributed by atoms with Crippen molar-refractivity contribution in [2.75, 3.05) is 25.2 Å². The van der Waals surface area contributed by atoms with Gasteiger partial charge in [0.15, 0.2) is 5.78 Å². The summed E-state index contributed by atoms with van der Waals surface area (Å²) in [6.07, 6.45) is 4.54. The van der Waals surface area contributed by atoms with E-state index in [1.54, 1.807) is 6.08 Å². The number of nitrogens with zero attached hydrogens (tertiary/aromatic N) is 1. The van der Waals surface area contributed by atoms with Crippen LogP contribution in [0.3, 0.4) is 0 Å². The number of Topliss-reactive ketones (excluding diaryl/α,β-unsaturated/α-hetero) is 1. The van der Waals surface area contributed by atoms with Crippen LogP contribution in [0, 0.1) is 11.8 Å². The first kappa shape index (κ1) is 22.9. The molecular formula is C20H29NO5S2. The van der Waals surface area contributed by atoms with Crippen LogP contribution in [-0.2, 0) is 19.2 Å². The summed E-state index contributed by atoms with van der Waals surface area (Å²) in [5.74, 6) is 0.241. The first-order valence-electron chi connectivity index (χ1n) is 9.60. The minimum atomic E-state index is -0.837. The van der Waals surface area contributed by atoms with E-state index < -0.39 is 11.9 Å². The molecule has 0 aromatic carbocycles. The Labute approximate surface area is 175 Å². The zero-order valence-electron chi connectivity index (χ0n) is 16.5. The van der Waals surface area contributed by atoms with E-state index >= 15 is 0 Å². The third-order valence-corrected chi connectivity index (χ3v) is 7.98. The first-order valence-corrected chi connectivity index (χ1v) is 11.7. The zero-order valence-corrected chi connectivity index (χ0v) is 18.2. The van der Waals surface area contributed by atoms with E-state index in [1.165, 1.54) is 7.11 Å². The van der Waals surface area contributed by atoms with Crippen molar-refractivity contribution in [2.24, 2.45) is 17.0 Å². The lowest BCUT2D eigenvalue weighted by molar-refractivity contribution is -0.147. The third-order valence-electron chi connectivity index (χ3n) is 4.81. The van der Waals surface area contributed by atoms with Crippen molar-refractivity contribution in [3.63, 3.8) is 0 Å². The summed E-state index contributed by atoms with van der Waals surface area (Å²) in [6.45, 7) is 5.72. The summed E-state index contributed by atoms with van der Waals surface area (Å²) >= 11 is 3.83. The number of ether oxygens (including phenoxy) is 1. The lowest BCUT2D eigenvalue weighted by Gasteiger charge is -2.31. The van der Waals surface area contributed by atoms with Gasteiger partial charge in [-0.05, 0) is 25.2 Å². The van der Waals surface area contributed by atoms with Crippen molar-refractivity contribution in [1.82, 2.24) is 0 Å². The fraction of sp³-hybridized carbons (Fsp3) is 0.650. The molecule has 0 bridgehead atoms. The first-order chi connectivity index (χ1) is 13.5. The van der Waals surface area contributed by atoms with E-state index in [1.807, 2.05) is 30.4 Å². The molecule has 1 N–H and O–H groups in total. The van der Waals surface area contributed by atoms with Crippen molar-refractivity contribution >= 4 is 41.0 Å². The highest BCUT2D eigenvalue weighted by Gasteiger charge is 2.43. The fourth-order valence-corrected chi connectivity index (χ4v) is 6.40. The number of carbonyl (C=O) groups is 2. The average Bonchev–Trinajstić information content (AvgIpc) is 3.19. The molecule has 8 heteroatoms. The van der Waals surface area contributed by atoms with Crippen molar-refractivity contribution in [3.05, 3.63) is 24.0 Å². The molecule has 0 aromatic rings. The molecule has 156 valence electrons. The van der Waals surface area contributed by atoms with Crippen LogP contribution < -0.4 is 0 Å². The van der Waals surface area contributed by atoms with E-state index in [4.69, 9.17) is 9.57 Å². The van der Waals surface area contributed by atoms with Gasteiger partial charge in [-0.15, -0.1) is 23.5 Å². The molecule has 2 rings (SSSR count). The number of thioether (sulfide) groups is 2. The summed E-state index contributed by atoms with van der Waals surface area (Å²) in [4.78, 5) is 30.5. The van der Waals surface area contributed by atoms with Gasteiger partial charge in [-0.25, -0.2) is 0 Å². The SMILES string of the molecule is C=CCON=C(CCC)C1=C(O)C(C(=O)OC)C(CCC2SCCS2)CC1=O. The predicted molar refractivity (Wildman–Crippen MR) is 115 cm³/mol. The molecule has 0 saturated carbocycles. The van der Waals surface area contributed by atoms with Gasteiger partial charge in [-0.2, -0.15) is 0 Å². The summed E-state index contributed by atoms with van der Waals surface area (Å²) in [6, 6.07) is 0. The number of aliphatic hydroxyl groups is 1. The second kappa shape index (κ2) is 11.6. The molecule has 6 nitrogen and oxygen atoms in total. The molecular weight excluding hydrogens is 398 g/mol. The van der Waals surface area contributed by atoms with Gasteiger partial charge in [0.25, 0.3) is 0 Å². The molecule has 2 aliphatic rings. The standard InChI is InChI=1S/C20H29NO5S2/c1-4-6-14(21-26-9-5-2)18-15(22)12-13(7-8-16-27-10-11-28-16)17(19(18)23)20(24)25-3/h5,13,16-17,23H,2,4,6-12H2,1,3H3. The van der Waals surface area contributed by atoms with Gasteiger partial charge in [0.05, 0.1) is 23.0 Å². The van der Waals surface area contributed by atoms with Crippen LogP contribution in [0.15, 0.2) is 29.1 Å². The zero-order chi connectivity index (χ0) is 20.5. The van der Waals surface area contributed by atoms with Crippen molar-refractivity contribution < 1.29 is 24.3 Å². The van der Waals surface area contributed by atoms with E-state index in [9.17, 15) is 14.7 Å². The topological polar surface area (TPSA) is 85.2 Å². The molecule has 1 heterocycles. The molecule has 1 fully saturated rings. The second-order valence-electron chi connectivity index (χ2n) is 6.77. The number of allylic oxidation sites excluding steroid dienone is 1. The molecule has 0 radical (unpaired) electrons. The Hall–Kier alpha value is -1.41. The third kappa shape index (κ3) is 5.80. The minimum absolute atomic E-state index is 0.113. The Balaban J connectivity index is 2.29. The predicted octanol–water partition coefficient (Wildman–Crippen LogP) is 4.12. The second-order valence-corrected chi connectivity index (χ2v) is 9.69. The maximum atomic E-state index is 12.9. The molecule has 0 spiro atoms. The molecule has 0 aromatic heterocycles. The molecule has 28 heavy (non-hydrogen) atoms. The Morgan fingerprint density at radius 2 is 2.07 bits per heavy atom. The Bertz CT molecular complexity index is 641. The molecule has 1 aliphatic carbocycles. The highest BCUT2D eigenvalue weighted by molar-refractivity contribution is 8.20. The lowest BCUT2D eigenvalue weighted by atomic mass is 9.75. The van der Waals surface area contributed by atoms with E-state index in [0.717, 1.165) is 24.3 Å². The number of oxime groups is 1. The lowest BCUT2D eigenvalue weighted by Crippen LogP contribution is -2.37. The monoisotopic (exact) mass is 427 g/mol. The summed E-state index contributed by atoms with van der Waals surface area (Å²) in [5, 5.41) is 14.9. The maximum absolute atomic E-state index is 12.9. The van der Waals surface area contributed by atoms with Crippen molar-refractivity contribution in [2.45, 2.75) is 43.6 Å². The van der Waals surface area contributed by atoms with Crippen molar-refractivity contribution in [3.8, 4) is 0 Å². The maximum Gasteiger partial charge on any atom is 0.316 e. The molecule has 2 unspecified atom stereocenters. The number of carbonyl (C=O) groups excluding carboxylic acids is 2. The Morgan fingerprint density at radius 3 is 2.68 bits per heavy atom. The quantitative estimate of drug-likeness (QED) is 0.184.